The van der Waals surface area contributed by atoms with Gasteiger partial charge >= 0.3 is 5.97 Å². The zero-order valence-electron chi connectivity index (χ0n) is 9.47. The fourth-order valence-electron chi connectivity index (χ4n) is 1.56. The summed E-state index contributed by atoms with van der Waals surface area (Å²) in [5, 5.41) is 12.0. The average molecular weight is 227 g/mol. The van der Waals surface area contributed by atoms with Gasteiger partial charge < -0.3 is 10.4 Å². The highest BCUT2D eigenvalue weighted by Gasteiger charge is 2.02. The molecule has 3 heteroatoms. The number of carboxylic acid groups (broad SMARTS) is 1. The minimum atomic E-state index is -0.910. The lowest BCUT2D eigenvalue weighted by molar-refractivity contribution is 0.0697. The summed E-state index contributed by atoms with van der Waals surface area (Å²) in [6.07, 6.45) is 0. The van der Waals surface area contributed by atoms with Crippen molar-refractivity contribution in [2.24, 2.45) is 0 Å². The van der Waals surface area contributed by atoms with Crippen molar-refractivity contribution in [3.63, 3.8) is 0 Å². The number of para-hydroxylation sites is 1. The van der Waals surface area contributed by atoms with Gasteiger partial charge in [-0.1, -0.05) is 18.2 Å². The van der Waals surface area contributed by atoms with Gasteiger partial charge in [0.2, 0.25) is 0 Å². The van der Waals surface area contributed by atoms with Gasteiger partial charge in [0.25, 0.3) is 0 Å². The maximum atomic E-state index is 10.7. The summed E-state index contributed by atoms with van der Waals surface area (Å²) in [6.45, 7) is 2.02. The highest BCUT2D eigenvalue weighted by atomic mass is 16.4. The first-order chi connectivity index (χ1) is 8.16. The Labute approximate surface area is 99.7 Å². The Morgan fingerprint density at radius 2 is 1.71 bits per heavy atom. The van der Waals surface area contributed by atoms with E-state index >= 15 is 0 Å². The van der Waals surface area contributed by atoms with Gasteiger partial charge in [0, 0.05) is 11.4 Å². The molecule has 0 aliphatic heterocycles. The lowest BCUT2D eigenvalue weighted by Crippen LogP contribution is -1.97. The largest absolute Gasteiger partial charge is 0.478 e. The summed E-state index contributed by atoms with van der Waals surface area (Å²) < 4.78 is 0. The van der Waals surface area contributed by atoms with Gasteiger partial charge in [-0.15, -0.1) is 0 Å². The van der Waals surface area contributed by atoms with Crippen LogP contribution in [-0.4, -0.2) is 11.1 Å². The number of hydrogen-bond donors (Lipinski definition) is 2. The van der Waals surface area contributed by atoms with E-state index in [0.717, 1.165) is 16.9 Å². The third kappa shape index (κ3) is 2.64. The van der Waals surface area contributed by atoms with Gasteiger partial charge in [0.05, 0.1) is 5.56 Å². The number of anilines is 2. The van der Waals surface area contributed by atoms with Crippen LogP contribution < -0.4 is 5.32 Å². The van der Waals surface area contributed by atoms with Crippen LogP contribution in [0.4, 0.5) is 11.4 Å². The molecule has 0 unspecified atom stereocenters. The molecule has 0 saturated heterocycles. The highest BCUT2D eigenvalue weighted by molar-refractivity contribution is 5.88. The molecule has 0 aliphatic rings. The Bertz CT molecular complexity index is 532. The Morgan fingerprint density at radius 3 is 2.29 bits per heavy atom. The monoisotopic (exact) mass is 227 g/mol. The third-order valence-electron chi connectivity index (χ3n) is 2.56. The molecular formula is C14H13NO2. The number of rotatable bonds is 3. The average Bonchev–Trinajstić information content (AvgIpc) is 2.33. The minimum absolute atomic E-state index is 0.292. The molecular weight excluding hydrogens is 214 g/mol. The smallest absolute Gasteiger partial charge is 0.335 e. The number of hydrogen-bond acceptors (Lipinski definition) is 2. The molecule has 2 aromatic rings. The molecule has 17 heavy (non-hydrogen) atoms. The van der Waals surface area contributed by atoms with Crippen LogP contribution in [0, 0.1) is 6.92 Å². The van der Waals surface area contributed by atoms with Gasteiger partial charge in [-0.3, -0.25) is 0 Å². The summed E-state index contributed by atoms with van der Waals surface area (Å²) >= 11 is 0. The molecule has 2 rings (SSSR count). The maximum absolute atomic E-state index is 10.7. The van der Waals surface area contributed by atoms with E-state index in [1.165, 1.54) is 0 Å². The van der Waals surface area contributed by atoms with Crippen molar-refractivity contribution < 1.29 is 9.90 Å². The lowest BCUT2D eigenvalue weighted by atomic mass is 10.1. The first kappa shape index (κ1) is 11.2. The van der Waals surface area contributed by atoms with Gasteiger partial charge in [0.15, 0.2) is 0 Å². The number of aromatic carboxylic acids is 1. The Hall–Kier alpha value is -2.29. The molecule has 0 atom stereocenters. The SMILES string of the molecule is Cc1ccccc1Nc1ccc(C(=O)O)cc1. The van der Waals surface area contributed by atoms with E-state index in [1.54, 1.807) is 24.3 Å². The van der Waals surface area contributed by atoms with Crippen LogP contribution in [0.3, 0.4) is 0 Å². The van der Waals surface area contributed by atoms with E-state index in [1.807, 2.05) is 31.2 Å². The number of benzene rings is 2. The fourth-order valence-corrected chi connectivity index (χ4v) is 1.56. The molecule has 3 nitrogen and oxygen atoms in total. The number of carbonyl (C=O) groups is 1. The van der Waals surface area contributed by atoms with E-state index in [4.69, 9.17) is 5.11 Å². The van der Waals surface area contributed by atoms with Crippen molar-refractivity contribution >= 4 is 17.3 Å². The third-order valence-corrected chi connectivity index (χ3v) is 2.56. The summed E-state index contributed by atoms with van der Waals surface area (Å²) in [4.78, 5) is 10.7. The number of nitrogens with one attached hydrogen (secondary N) is 1. The molecule has 0 bridgehead atoms. The number of carboxylic acids is 1. The van der Waals surface area contributed by atoms with E-state index < -0.39 is 5.97 Å². The fraction of sp³-hybridized carbons (Fsp3) is 0.0714. The lowest BCUT2D eigenvalue weighted by Gasteiger charge is -2.09. The predicted octanol–water partition coefficient (Wildman–Crippen LogP) is 3.44. The van der Waals surface area contributed by atoms with Crippen LogP contribution in [0.2, 0.25) is 0 Å². The van der Waals surface area contributed by atoms with E-state index in [-0.39, 0.29) is 0 Å². The minimum Gasteiger partial charge on any atom is -0.478 e. The topological polar surface area (TPSA) is 49.3 Å². The Morgan fingerprint density at radius 1 is 1.06 bits per heavy atom. The van der Waals surface area contributed by atoms with Crippen LogP contribution in [0.1, 0.15) is 15.9 Å². The van der Waals surface area contributed by atoms with Crippen molar-refractivity contribution in [3.05, 3.63) is 59.7 Å². The molecule has 0 radical (unpaired) electrons. The summed E-state index contributed by atoms with van der Waals surface area (Å²) in [5.41, 5.74) is 3.34. The van der Waals surface area contributed by atoms with Crippen LogP contribution >= 0.6 is 0 Å². The van der Waals surface area contributed by atoms with E-state index in [0.29, 0.717) is 5.56 Å². The second-order valence-corrected chi connectivity index (χ2v) is 3.82. The van der Waals surface area contributed by atoms with Gasteiger partial charge in [-0.05, 0) is 42.8 Å². The van der Waals surface area contributed by atoms with Gasteiger partial charge in [-0.2, -0.15) is 0 Å². The Kier molecular flexibility index (Phi) is 3.10. The van der Waals surface area contributed by atoms with E-state index in [9.17, 15) is 4.79 Å². The second kappa shape index (κ2) is 4.70. The van der Waals surface area contributed by atoms with E-state index in [2.05, 4.69) is 5.32 Å². The molecule has 2 aromatic carbocycles. The molecule has 0 aliphatic carbocycles. The summed E-state index contributed by atoms with van der Waals surface area (Å²) in [7, 11) is 0. The summed E-state index contributed by atoms with van der Waals surface area (Å²) in [5.74, 6) is -0.910. The van der Waals surface area contributed by atoms with Crippen LogP contribution in [-0.2, 0) is 0 Å². The van der Waals surface area contributed by atoms with Crippen molar-refractivity contribution in [1.29, 1.82) is 0 Å². The number of aryl methyl sites for hydroxylation is 1. The molecule has 0 spiro atoms. The zero-order valence-corrected chi connectivity index (χ0v) is 9.47. The first-order valence-corrected chi connectivity index (χ1v) is 5.33. The Balaban J connectivity index is 2.20. The molecule has 2 N–H and O–H groups in total. The second-order valence-electron chi connectivity index (χ2n) is 3.82. The van der Waals surface area contributed by atoms with Crippen LogP contribution in [0.15, 0.2) is 48.5 Å². The molecule has 0 fully saturated rings. The standard InChI is InChI=1S/C14H13NO2/c1-10-4-2-3-5-13(10)15-12-8-6-11(7-9-12)14(16)17/h2-9,15H,1H3,(H,16,17). The van der Waals surface area contributed by atoms with Gasteiger partial charge in [0.1, 0.15) is 0 Å². The van der Waals surface area contributed by atoms with Crippen LogP contribution in [0.25, 0.3) is 0 Å². The summed E-state index contributed by atoms with van der Waals surface area (Å²) in [6, 6.07) is 14.6. The van der Waals surface area contributed by atoms with Crippen molar-refractivity contribution in [3.8, 4) is 0 Å². The quantitative estimate of drug-likeness (QED) is 0.844. The zero-order chi connectivity index (χ0) is 12.3. The highest BCUT2D eigenvalue weighted by Crippen LogP contribution is 2.20. The maximum Gasteiger partial charge on any atom is 0.335 e. The molecule has 0 aromatic heterocycles. The van der Waals surface area contributed by atoms with Crippen molar-refractivity contribution in [1.82, 2.24) is 0 Å². The van der Waals surface area contributed by atoms with Crippen LogP contribution in [0.5, 0.6) is 0 Å². The predicted molar refractivity (Wildman–Crippen MR) is 67.9 cm³/mol. The van der Waals surface area contributed by atoms with Crippen molar-refractivity contribution in [2.45, 2.75) is 6.92 Å². The molecule has 86 valence electrons. The van der Waals surface area contributed by atoms with Gasteiger partial charge in [-0.25, -0.2) is 4.79 Å². The molecule has 0 saturated carbocycles. The first-order valence-electron chi connectivity index (χ1n) is 5.33. The van der Waals surface area contributed by atoms with Crippen molar-refractivity contribution in [2.75, 3.05) is 5.32 Å². The molecule has 0 amide bonds. The normalized spacial score (nSPS) is 9.94. The molecule has 0 heterocycles.